The van der Waals surface area contributed by atoms with Gasteiger partial charge in [-0.2, -0.15) is 4.73 Å². The Morgan fingerprint density at radius 3 is 2.58 bits per heavy atom. The third kappa shape index (κ3) is 3.15. The molecule has 132 valence electrons. The lowest BCUT2D eigenvalue weighted by Crippen LogP contribution is -2.20. The van der Waals surface area contributed by atoms with Crippen molar-refractivity contribution < 1.29 is 19.7 Å². The van der Waals surface area contributed by atoms with Crippen LogP contribution in [0.4, 0.5) is 5.69 Å². The number of nitrogens with two attached hydrogens (primary N) is 1. The lowest BCUT2D eigenvalue weighted by molar-refractivity contribution is -0.384. The summed E-state index contributed by atoms with van der Waals surface area (Å²) in [7, 11) is 0. The van der Waals surface area contributed by atoms with E-state index in [-0.39, 0.29) is 22.9 Å². The van der Waals surface area contributed by atoms with Crippen molar-refractivity contribution in [2.75, 3.05) is 6.61 Å². The fourth-order valence-electron chi connectivity index (χ4n) is 2.39. The van der Waals surface area contributed by atoms with E-state index in [0.29, 0.717) is 16.6 Å². The number of rotatable bonds is 6. The highest BCUT2D eigenvalue weighted by Gasteiger charge is 2.18. The van der Waals surface area contributed by atoms with E-state index in [1.165, 1.54) is 18.2 Å². The van der Waals surface area contributed by atoms with Crippen LogP contribution in [0.1, 0.15) is 5.56 Å². The normalized spacial score (nSPS) is 10.6. The molecule has 26 heavy (non-hydrogen) atoms. The molecule has 0 amide bonds. The zero-order valence-electron chi connectivity index (χ0n) is 13.2. The number of non-ortho nitro benzene ring substituents is 1. The van der Waals surface area contributed by atoms with Gasteiger partial charge in [-0.1, -0.05) is 24.3 Å². The molecular formula is C16H13N5O5. The van der Waals surface area contributed by atoms with Crippen molar-refractivity contribution in [3.8, 4) is 11.4 Å². The number of carbonyl (C=O) groups is 1. The van der Waals surface area contributed by atoms with Gasteiger partial charge in [0.1, 0.15) is 11.4 Å². The van der Waals surface area contributed by atoms with Gasteiger partial charge < -0.3 is 15.7 Å². The molecule has 3 rings (SSSR count). The minimum Gasteiger partial charge on any atom is -0.479 e. The van der Waals surface area contributed by atoms with E-state index in [0.717, 1.165) is 4.73 Å². The first-order valence-electron chi connectivity index (χ1n) is 7.33. The predicted molar refractivity (Wildman–Crippen MR) is 91.9 cm³/mol. The number of hydrogen-bond acceptors (Lipinski definition) is 6. The van der Waals surface area contributed by atoms with Crippen molar-refractivity contribution >= 4 is 28.5 Å². The van der Waals surface area contributed by atoms with Crippen LogP contribution in [0.5, 0.6) is 0 Å². The summed E-state index contributed by atoms with van der Waals surface area (Å²) in [6.07, 6.45) is 0. The number of hydrogen-bond donors (Lipinski definition) is 3. The first-order chi connectivity index (χ1) is 12.4. The smallest absolute Gasteiger partial charge is 0.344 e. The zero-order chi connectivity index (χ0) is 18.8. The number of nitro benzene ring substituents is 1. The predicted octanol–water partition coefficient (Wildman–Crippen LogP) is 1.41. The highest BCUT2D eigenvalue weighted by Crippen LogP contribution is 2.27. The van der Waals surface area contributed by atoms with Gasteiger partial charge in [-0.15, -0.1) is 0 Å². The Labute approximate surface area is 146 Å². The molecule has 0 atom stereocenters. The van der Waals surface area contributed by atoms with Crippen LogP contribution in [0.25, 0.3) is 22.4 Å². The molecule has 0 aliphatic heterocycles. The van der Waals surface area contributed by atoms with Crippen molar-refractivity contribution in [3.63, 3.8) is 0 Å². The van der Waals surface area contributed by atoms with Crippen LogP contribution >= 0.6 is 0 Å². The topological polar surface area (TPSA) is 157 Å². The molecule has 0 aliphatic carbocycles. The molecule has 0 saturated carbocycles. The van der Waals surface area contributed by atoms with Crippen LogP contribution in [-0.4, -0.2) is 38.2 Å². The number of imidazole rings is 1. The van der Waals surface area contributed by atoms with E-state index in [1.807, 2.05) is 0 Å². The number of nitrogens with zero attached hydrogens (tertiary/aromatic N) is 3. The van der Waals surface area contributed by atoms with Crippen LogP contribution < -0.4 is 10.6 Å². The second-order valence-corrected chi connectivity index (χ2v) is 5.32. The number of carboxylic acids is 1. The molecule has 1 heterocycles. The van der Waals surface area contributed by atoms with Gasteiger partial charge in [-0.05, 0) is 6.07 Å². The summed E-state index contributed by atoms with van der Waals surface area (Å²) < 4.78 is 1.15. The fraction of sp³-hybridized carbons (Fsp3) is 0.0625. The van der Waals surface area contributed by atoms with Crippen molar-refractivity contribution in [1.82, 2.24) is 9.71 Å². The average molecular weight is 355 g/mol. The first-order valence-corrected chi connectivity index (χ1v) is 7.33. The molecular weight excluding hydrogens is 342 g/mol. The van der Waals surface area contributed by atoms with Crippen LogP contribution in [0.3, 0.4) is 0 Å². The molecule has 10 heteroatoms. The summed E-state index contributed by atoms with van der Waals surface area (Å²) in [5, 5.41) is 27.3. The molecule has 0 saturated heterocycles. The van der Waals surface area contributed by atoms with Gasteiger partial charge in [0.2, 0.25) is 6.61 Å². The minimum absolute atomic E-state index is 0.0946. The zero-order valence-corrected chi connectivity index (χ0v) is 13.2. The van der Waals surface area contributed by atoms with Crippen LogP contribution in [0.2, 0.25) is 0 Å². The molecule has 0 unspecified atom stereocenters. The van der Waals surface area contributed by atoms with Gasteiger partial charge in [0.05, 0.1) is 10.4 Å². The lowest BCUT2D eigenvalue weighted by Gasteiger charge is -2.09. The summed E-state index contributed by atoms with van der Waals surface area (Å²) in [6.45, 7) is -0.646. The molecule has 0 aliphatic rings. The summed E-state index contributed by atoms with van der Waals surface area (Å²) in [5.41, 5.74) is 7.02. The maximum Gasteiger partial charge on any atom is 0.344 e. The highest BCUT2D eigenvalue weighted by atomic mass is 16.7. The molecule has 10 nitrogen and oxygen atoms in total. The van der Waals surface area contributed by atoms with Crippen LogP contribution in [0, 0.1) is 15.5 Å². The molecule has 0 spiro atoms. The number of nitrogen functional groups attached to an aromatic ring is 1. The van der Waals surface area contributed by atoms with Gasteiger partial charge in [0.25, 0.3) is 5.69 Å². The Morgan fingerprint density at radius 2 is 2.00 bits per heavy atom. The number of nitro groups is 1. The summed E-state index contributed by atoms with van der Waals surface area (Å²) in [6, 6.07) is 10.5. The molecule has 2 aromatic carbocycles. The van der Waals surface area contributed by atoms with Gasteiger partial charge in [-0.25, -0.2) is 9.78 Å². The van der Waals surface area contributed by atoms with Crippen molar-refractivity contribution in [2.24, 2.45) is 5.73 Å². The second-order valence-electron chi connectivity index (χ2n) is 5.32. The Balaban J connectivity index is 2.16. The van der Waals surface area contributed by atoms with Crippen molar-refractivity contribution in [1.29, 1.82) is 5.41 Å². The summed E-state index contributed by atoms with van der Waals surface area (Å²) in [4.78, 5) is 31.0. The standard InChI is InChI=1S/C16H13N5O5/c17-15(18)9-1-3-10(4-2-9)16-19-12-6-5-11(21(24)25)7-13(12)20(16)26-8-14(22)23/h1-7H,8H2,(H3,17,18)(H,22,23). The quantitative estimate of drug-likeness (QED) is 0.261. The van der Waals surface area contributed by atoms with Crippen LogP contribution in [0.15, 0.2) is 42.5 Å². The van der Waals surface area contributed by atoms with Crippen molar-refractivity contribution in [2.45, 2.75) is 0 Å². The largest absolute Gasteiger partial charge is 0.479 e. The summed E-state index contributed by atoms with van der Waals surface area (Å²) in [5.74, 6) is -1.02. The Kier molecular flexibility index (Phi) is 4.23. The molecule has 0 radical (unpaired) electrons. The Hall–Kier alpha value is -3.95. The van der Waals surface area contributed by atoms with E-state index >= 15 is 0 Å². The molecule has 1 aromatic heterocycles. The lowest BCUT2D eigenvalue weighted by atomic mass is 10.1. The van der Waals surface area contributed by atoms with Crippen molar-refractivity contribution in [3.05, 3.63) is 58.1 Å². The molecule has 0 bridgehead atoms. The maximum absolute atomic E-state index is 11.0. The van der Waals surface area contributed by atoms with E-state index in [4.69, 9.17) is 21.1 Å². The number of carboxylic acid groups (broad SMARTS) is 1. The van der Waals surface area contributed by atoms with E-state index in [2.05, 4.69) is 4.98 Å². The van der Waals surface area contributed by atoms with Gasteiger partial charge in [0, 0.05) is 23.3 Å². The average Bonchev–Trinajstić information content (AvgIpc) is 2.97. The first kappa shape index (κ1) is 16.9. The molecule has 4 N–H and O–H groups in total. The number of aromatic nitrogens is 2. The molecule has 0 fully saturated rings. The number of nitrogens with one attached hydrogen (secondary N) is 1. The third-order valence-corrected chi connectivity index (χ3v) is 3.58. The number of benzene rings is 2. The monoisotopic (exact) mass is 355 g/mol. The minimum atomic E-state index is -1.20. The third-order valence-electron chi connectivity index (χ3n) is 3.58. The van der Waals surface area contributed by atoms with E-state index < -0.39 is 17.5 Å². The highest BCUT2D eigenvalue weighted by molar-refractivity contribution is 5.95. The molecule has 3 aromatic rings. The van der Waals surface area contributed by atoms with Gasteiger partial charge >= 0.3 is 5.97 Å². The SMILES string of the molecule is N=C(N)c1ccc(-c2nc3ccc([N+](=O)[O-])cc3n2OCC(=O)O)cc1. The van der Waals surface area contributed by atoms with Gasteiger partial charge in [0.15, 0.2) is 5.82 Å². The second kappa shape index (κ2) is 6.51. The number of fused-ring (bicyclic) bond motifs is 1. The number of aliphatic carboxylic acids is 1. The van der Waals surface area contributed by atoms with Gasteiger partial charge in [-0.3, -0.25) is 15.5 Å². The maximum atomic E-state index is 11.0. The fourth-order valence-corrected chi connectivity index (χ4v) is 2.39. The number of amidine groups is 1. The van der Waals surface area contributed by atoms with E-state index in [9.17, 15) is 14.9 Å². The Bertz CT molecular complexity index is 1030. The Morgan fingerprint density at radius 1 is 1.31 bits per heavy atom. The summed E-state index contributed by atoms with van der Waals surface area (Å²) >= 11 is 0. The van der Waals surface area contributed by atoms with Crippen LogP contribution in [-0.2, 0) is 4.79 Å². The van der Waals surface area contributed by atoms with E-state index in [1.54, 1.807) is 24.3 Å².